The largest absolute Gasteiger partial charge is 0.387 e. The van der Waals surface area contributed by atoms with E-state index in [-0.39, 0.29) is 4.90 Å². The van der Waals surface area contributed by atoms with E-state index in [4.69, 9.17) is 0 Å². The van der Waals surface area contributed by atoms with Crippen LogP contribution in [0.25, 0.3) is 0 Å². The van der Waals surface area contributed by atoms with E-state index < -0.39 is 10.0 Å². The van der Waals surface area contributed by atoms with Gasteiger partial charge in [0.05, 0.1) is 5.69 Å². The van der Waals surface area contributed by atoms with Crippen LogP contribution in [-0.2, 0) is 10.0 Å². The van der Waals surface area contributed by atoms with Gasteiger partial charge in [0.2, 0.25) is 0 Å². The lowest BCUT2D eigenvalue weighted by atomic mass is 10.2. The number of nitrogens with one attached hydrogen (secondary N) is 2. The molecule has 0 amide bonds. The molecule has 0 atom stereocenters. The molecule has 2 aromatic rings. The summed E-state index contributed by atoms with van der Waals surface area (Å²) in [6, 6.07) is 12.1. The highest BCUT2D eigenvalue weighted by atomic mass is 79.9. The van der Waals surface area contributed by atoms with Crippen LogP contribution in [0.5, 0.6) is 0 Å². The maximum Gasteiger partial charge on any atom is 0.263 e. The van der Waals surface area contributed by atoms with Crippen LogP contribution < -0.4 is 10.0 Å². The highest BCUT2D eigenvalue weighted by Gasteiger charge is 2.17. The number of benzene rings is 2. The molecule has 0 radical (unpaired) electrons. The number of halogens is 1. The Hall–Kier alpha value is -1.53. The standard InChI is InChI=1S/C14H15BrN2O2S/c1-10-7-8-11(9-12(10)15)17-20(18,19)14-6-4-3-5-13(14)16-2/h3-9,16-17H,1-2H3. The summed E-state index contributed by atoms with van der Waals surface area (Å²) in [6.07, 6.45) is 0. The predicted molar refractivity (Wildman–Crippen MR) is 85.7 cm³/mol. The molecular weight excluding hydrogens is 340 g/mol. The minimum Gasteiger partial charge on any atom is -0.387 e. The molecule has 0 heterocycles. The van der Waals surface area contributed by atoms with E-state index in [2.05, 4.69) is 26.0 Å². The Balaban J connectivity index is 2.38. The molecule has 0 bridgehead atoms. The fourth-order valence-electron chi connectivity index (χ4n) is 1.77. The van der Waals surface area contributed by atoms with Crippen LogP contribution in [0, 0.1) is 6.92 Å². The first-order valence-electron chi connectivity index (χ1n) is 6.00. The normalized spacial score (nSPS) is 11.2. The van der Waals surface area contributed by atoms with E-state index >= 15 is 0 Å². The van der Waals surface area contributed by atoms with Crippen molar-refractivity contribution in [3.05, 3.63) is 52.5 Å². The molecule has 0 unspecified atom stereocenters. The minimum atomic E-state index is -3.62. The quantitative estimate of drug-likeness (QED) is 0.881. The van der Waals surface area contributed by atoms with Crippen molar-refractivity contribution < 1.29 is 8.42 Å². The van der Waals surface area contributed by atoms with Crippen molar-refractivity contribution in [2.45, 2.75) is 11.8 Å². The van der Waals surface area contributed by atoms with Crippen molar-refractivity contribution in [1.82, 2.24) is 0 Å². The minimum absolute atomic E-state index is 0.221. The monoisotopic (exact) mass is 354 g/mol. The van der Waals surface area contributed by atoms with E-state index in [1.807, 2.05) is 13.0 Å². The number of para-hydroxylation sites is 1. The Morgan fingerprint density at radius 1 is 1.10 bits per heavy atom. The Kier molecular flexibility index (Phi) is 4.35. The van der Waals surface area contributed by atoms with Gasteiger partial charge in [-0.05, 0) is 36.8 Å². The Morgan fingerprint density at radius 3 is 2.45 bits per heavy atom. The molecule has 6 heteroatoms. The molecule has 0 saturated heterocycles. The second-order valence-electron chi connectivity index (χ2n) is 4.32. The summed E-state index contributed by atoms with van der Waals surface area (Å²) >= 11 is 3.39. The Morgan fingerprint density at radius 2 is 1.80 bits per heavy atom. The summed E-state index contributed by atoms with van der Waals surface area (Å²) < 4.78 is 28.3. The van der Waals surface area contributed by atoms with E-state index in [0.29, 0.717) is 11.4 Å². The third-order valence-electron chi connectivity index (χ3n) is 2.87. The molecule has 0 saturated carbocycles. The first-order valence-corrected chi connectivity index (χ1v) is 8.27. The van der Waals surface area contributed by atoms with E-state index in [1.165, 1.54) is 0 Å². The van der Waals surface area contributed by atoms with Gasteiger partial charge in [0, 0.05) is 17.2 Å². The second-order valence-corrected chi connectivity index (χ2v) is 6.82. The molecule has 0 fully saturated rings. The van der Waals surface area contributed by atoms with Crippen molar-refractivity contribution in [3.8, 4) is 0 Å². The molecule has 2 N–H and O–H groups in total. The molecule has 20 heavy (non-hydrogen) atoms. The van der Waals surface area contributed by atoms with E-state index in [9.17, 15) is 8.42 Å². The Bertz CT molecular complexity index is 730. The summed E-state index contributed by atoms with van der Waals surface area (Å²) in [4.78, 5) is 0.221. The van der Waals surface area contributed by atoms with Crippen LogP contribution in [0.4, 0.5) is 11.4 Å². The summed E-state index contributed by atoms with van der Waals surface area (Å²) in [5, 5.41) is 2.88. The summed E-state index contributed by atoms with van der Waals surface area (Å²) in [5.74, 6) is 0. The topological polar surface area (TPSA) is 58.2 Å². The zero-order valence-electron chi connectivity index (χ0n) is 11.1. The third kappa shape index (κ3) is 3.13. The number of aryl methyl sites for hydroxylation is 1. The van der Waals surface area contributed by atoms with Crippen LogP contribution in [0.2, 0.25) is 0 Å². The fourth-order valence-corrected chi connectivity index (χ4v) is 3.42. The lowest BCUT2D eigenvalue weighted by molar-refractivity contribution is 0.601. The summed E-state index contributed by atoms with van der Waals surface area (Å²) in [7, 11) is -1.93. The van der Waals surface area contributed by atoms with Crippen LogP contribution in [-0.4, -0.2) is 15.5 Å². The third-order valence-corrected chi connectivity index (χ3v) is 5.16. The smallest absolute Gasteiger partial charge is 0.263 e. The highest BCUT2D eigenvalue weighted by molar-refractivity contribution is 9.10. The van der Waals surface area contributed by atoms with Gasteiger partial charge in [-0.3, -0.25) is 4.72 Å². The first kappa shape index (κ1) is 14.9. The lowest BCUT2D eigenvalue weighted by Crippen LogP contribution is -2.14. The van der Waals surface area contributed by atoms with Crippen molar-refractivity contribution >= 4 is 37.3 Å². The van der Waals surface area contributed by atoms with Crippen molar-refractivity contribution in [3.63, 3.8) is 0 Å². The highest BCUT2D eigenvalue weighted by Crippen LogP contribution is 2.25. The number of rotatable bonds is 4. The number of hydrogen-bond donors (Lipinski definition) is 2. The number of sulfonamides is 1. The number of hydrogen-bond acceptors (Lipinski definition) is 3. The van der Waals surface area contributed by atoms with Crippen molar-refractivity contribution in [2.24, 2.45) is 0 Å². The molecule has 0 aliphatic rings. The van der Waals surface area contributed by atoms with Crippen LogP contribution >= 0.6 is 15.9 Å². The number of anilines is 2. The fraction of sp³-hybridized carbons (Fsp3) is 0.143. The molecule has 2 aromatic carbocycles. The predicted octanol–water partition coefficient (Wildman–Crippen LogP) is 3.60. The zero-order chi connectivity index (χ0) is 14.8. The second kappa shape index (κ2) is 5.85. The molecular formula is C14H15BrN2O2S. The van der Waals surface area contributed by atoms with Gasteiger partial charge in [-0.15, -0.1) is 0 Å². The lowest BCUT2D eigenvalue weighted by Gasteiger charge is -2.12. The maximum absolute atomic E-state index is 12.4. The van der Waals surface area contributed by atoms with Crippen LogP contribution in [0.15, 0.2) is 51.8 Å². The molecule has 0 aliphatic carbocycles. The molecule has 106 valence electrons. The first-order chi connectivity index (χ1) is 9.44. The van der Waals surface area contributed by atoms with Gasteiger partial charge in [0.15, 0.2) is 0 Å². The molecule has 0 aliphatic heterocycles. The van der Waals surface area contributed by atoms with Gasteiger partial charge in [-0.2, -0.15) is 0 Å². The van der Waals surface area contributed by atoms with Crippen LogP contribution in [0.1, 0.15) is 5.56 Å². The molecule has 0 spiro atoms. The zero-order valence-corrected chi connectivity index (χ0v) is 13.5. The van der Waals surface area contributed by atoms with Gasteiger partial charge in [-0.1, -0.05) is 34.1 Å². The van der Waals surface area contributed by atoms with Crippen molar-refractivity contribution in [1.29, 1.82) is 0 Å². The Labute approximate surface area is 127 Å². The molecule has 4 nitrogen and oxygen atoms in total. The summed E-state index contributed by atoms with van der Waals surface area (Å²) in [5.41, 5.74) is 2.13. The average Bonchev–Trinajstić information content (AvgIpc) is 2.42. The van der Waals surface area contributed by atoms with Gasteiger partial charge < -0.3 is 5.32 Å². The molecule has 0 aromatic heterocycles. The van der Waals surface area contributed by atoms with Gasteiger partial charge in [-0.25, -0.2) is 8.42 Å². The van der Waals surface area contributed by atoms with Crippen molar-refractivity contribution in [2.75, 3.05) is 17.1 Å². The van der Waals surface area contributed by atoms with Gasteiger partial charge in [0.25, 0.3) is 10.0 Å². The maximum atomic E-state index is 12.4. The van der Waals surface area contributed by atoms with Crippen LogP contribution in [0.3, 0.4) is 0 Å². The average molecular weight is 355 g/mol. The SMILES string of the molecule is CNc1ccccc1S(=O)(=O)Nc1ccc(C)c(Br)c1. The van der Waals surface area contributed by atoms with Gasteiger partial charge in [0.1, 0.15) is 4.90 Å². The van der Waals surface area contributed by atoms with Gasteiger partial charge >= 0.3 is 0 Å². The van der Waals surface area contributed by atoms with E-state index in [0.717, 1.165) is 10.0 Å². The van der Waals surface area contributed by atoms with E-state index in [1.54, 1.807) is 43.4 Å². The summed E-state index contributed by atoms with van der Waals surface area (Å²) in [6.45, 7) is 1.94. The molecule has 2 rings (SSSR count).